The fraction of sp³-hybridized carbons (Fsp3) is 0. The van der Waals surface area contributed by atoms with E-state index in [1.54, 1.807) is 0 Å². The van der Waals surface area contributed by atoms with Crippen molar-refractivity contribution in [1.82, 2.24) is 0 Å². The SMILES string of the molecule is NC(N)=N[15NH2]. The van der Waals surface area contributed by atoms with Gasteiger partial charge in [-0.3, -0.25) is 0 Å². The number of hydrogen-bond acceptors (Lipinski definition) is 2. The van der Waals surface area contributed by atoms with Gasteiger partial charge in [0.05, 0.1) is 0 Å². The van der Waals surface area contributed by atoms with Crippen LogP contribution in [0.15, 0.2) is 5.10 Å². The Bertz CT molecular complexity index is 41.6. The average molecular weight is 75.1 g/mol. The fourth-order valence-electron chi connectivity index (χ4n) is 0. The Balaban J connectivity index is 3.14. The van der Waals surface area contributed by atoms with E-state index in [0.717, 1.165) is 0 Å². The molecule has 30 valence electrons. The van der Waals surface area contributed by atoms with Gasteiger partial charge in [-0.25, -0.2) is 0 Å². The molecule has 0 heterocycles. The van der Waals surface area contributed by atoms with Crippen LogP contribution in [0.3, 0.4) is 0 Å². The van der Waals surface area contributed by atoms with Crippen molar-refractivity contribution >= 4 is 5.96 Å². The minimum atomic E-state index is -0.0926. The molecule has 0 aliphatic carbocycles. The molecule has 0 aliphatic heterocycles. The van der Waals surface area contributed by atoms with Crippen molar-refractivity contribution in [2.45, 2.75) is 0 Å². The highest BCUT2D eigenvalue weighted by Gasteiger charge is 1.62. The first-order chi connectivity index (χ1) is 2.27. The van der Waals surface area contributed by atoms with Crippen molar-refractivity contribution in [2.75, 3.05) is 0 Å². The van der Waals surface area contributed by atoms with E-state index in [-0.39, 0.29) is 5.96 Å². The maximum absolute atomic E-state index is 4.69. The van der Waals surface area contributed by atoms with Crippen LogP contribution in [-0.2, 0) is 0 Å². The number of nitrogens with two attached hydrogens (primary N) is 3. The molecule has 0 radical (unpaired) electrons. The molecule has 4 nitrogen and oxygen atoms in total. The van der Waals surface area contributed by atoms with Gasteiger partial charge in [0.2, 0.25) is 5.96 Å². The highest BCUT2D eigenvalue weighted by Crippen LogP contribution is 1.31. The Morgan fingerprint density at radius 3 is 1.60 bits per heavy atom. The molecular weight excluding hydrogens is 69.0 g/mol. The van der Waals surface area contributed by atoms with Crippen LogP contribution in [0, 0.1) is 0 Å². The van der Waals surface area contributed by atoms with Gasteiger partial charge in [-0.2, -0.15) is 0 Å². The highest BCUT2D eigenvalue weighted by molar-refractivity contribution is 5.75. The number of rotatable bonds is 0. The molecule has 0 aromatic heterocycles. The Hall–Kier alpha value is -0.930. The lowest BCUT2D eigenvalue weighted by Crippen LogP contribution is -2.23. The van der Waals surface area contributed by atoms with Crippen LogP contribution in [0.4, 0.5) is 0 Å². The maximum Gasteiger partial charge on any atom is 0.208 e. The molecule has 0 saturated heterocycles. The molecule has 0 bridgehead atoms. The van der Waals surface area contributed by atoms with E-state index in [2.05, 4.69) is 10.9 Å². The van der Waals surface area contributed by atoms with Gasteiger partial charge in [0.15, 0.2) is 0 Å². The van der Waals surface area contributed by atoms with Gasteiger partial charge >= 0.3 is 0 Å². The Kier molecular flexibility index (Phi) is 1.14. The van der Waals surface area contributed by atoms with Crippen molar-refractivity contribution in [2.24, 2.45) is 22.4 Å². The van der Waals surface area contributed by atoms with Crippen LogP contribution in [-0.4, -0.2) is 5.96 Å². The molecular formula is CH6N4. The summed E-state index contributed by atoms with van der Waals surface area (Å²) in [6.07, 6.45) is 0. The van der Waals surface area contributed by atoms with Crippen LogP contribution in [0.5, 0.6) is 0 Å². The Morgan fingerprint density at radius 1 is 1.40 bits per heavy atom. The van der Waals surface area contributed by atoms with E-state index in [1.807, 2.05) is 0 Å². The predicted octanol–water partition coefficient (Wildman–Crippen LogP) is -1.87. The molecule has 5 heavy (non-hydrogen) atoms. The van der Waals surface area contributed by atoms with Gasteiger partial charge < -0.3 is 17.3 Å². The van der Waals surface area contributed by atoms with E-state index < -0.39 is 0 Å². The topological polar surface area (TPSA) is 90.4 Å². The van der Waals surface area contributed by atoms with Gasteiger partial charge in [-0.05, 0) is 0 Å². The zero-order valence-corrected chi connectivity index (χ0v) is 2.68. The molecule has 0 fully saturated rings. The third-order valence-electron chi connectivity index (χ3n) is 0.149. The van der Waals surface area contributed by atoms with Gasteiger partial charge in [-0.15, -0.1) is 5.10 Å². The molecule has 0 spiro atoms. The normalized spacial score (nSPS) is 6.40. The Morgan fingerprint density at radius 2 is 1.60 bits per heavy atom. The predicted molar refractivity (Wildman–Crippen MR) is 20.0 cm³/mol. The van der Waals surface area contributed by atoms with Crippen molar-refractivity contribution < 1.29 is 0 Å². The number of hydrogen-bond donors (Lipinski definition) is 3. The fourth-order valence-corrected chi connectivity index (χ4v) is 0. The van der Waals surface area contributed by atoms with Crippen molar-refractivity contribution in [3.05, 3.63) is 0 Å². The lowest BCUT2D eigenvalue weighted by molar-refractivity contribution is 1.21. The molecule has 0 rings (SSSR count). The van der Waals surface area contributed by atoms with Crippen LogP contribution < -0.4 is 17.3 Å². The van der Waals surface area contributed by atoms with Crippen LogP contribution >= 0.6 is 0 Å². The average Bonchev–Trinajstić information content (AvgIpc) is 1.38. The van der Waals surface area contributed by atoms with Gasteiger partial charge in [0.1, 0.15) is 0 Å². The first-order valence-corrected chi connectivity index (χ1v) is 1.06. The number of hydrazone groups is 1. The smallest absolute Gasteiger partial charge is 0.208 e. The monoisotopic (exact) mass is 75.1 g/mol. The summed E-state index contributed by atoms with van der Waals surface area (Å²) in [5.41, 5.74) is 9.39. The van der Waals surface area contributed by atoms with E-state index in [0.29, 0.717) is 0 Å². The van der Waals surface area contributed by atoms with Crippen LogP contribution in [0.1, 0.15) is 0 Å². The summed E-state index contributed by atoms with van der Waals surface area (Å²) in [5.74, 6) is 4.42. The summed E-state index contributed by atoms with van der Waals surface area (Å²) >= 11 is 0. The van der Waals surface area contributed by atoms with Gasteiger partial charge in [0, 0.05) is 0 Å². The van der Waals surface area contributed by atoms with Crippen molar-refractivity contribution in [3.8, 4) is 0 Å². The lowest BCUT2D eigenvalue weighted by Gasteiger charge is -1.76. The Labute approximate surface area is 29.6 Å². The van der Waals surface area contributed by atoms with Crippen molar-refractivity contribution in [3.63, 3.8) is 0 Å². The minimum absolute atomic E-state index is 0.0926. The zero-order valence-electron chi connectivity index (χ0n) is 2.68. The van der Waals surface area contributed by atoms with E-state index in [4.69, 9.17) is 11.5 Å². The molecule has 6 N–H and O–H groups in total. The maximum atomic E-state index is 4.69. The van der Waals surface area contributed by atoms with Crippen LogP contribution in [0.25, 0.3) is 0 Å². The molecule has 0 unspecified atom stereocenters. The summed E-state index contributed by atoms with van der Waals surface area (Å²) in [4.78, 5) is 0. The third kappa shape index (κ3) is 3.07. The molecule has 0 saturated carbocycles. The quantitative estimate of drug-likeness (QED) is 0.104. The highest BCUT2D eigenvalue weighted by atomic mass is 15.7. The standard InChI is InChI=1S/CH6N4/c2-1(3)5-4/h4H2,(H4,2,3,5)/i4+1. The van der Waals surface area contributed by atoms with Gasteiger partial charge in [0.25, 0.3) is 0 Å². The summed E-state index contributed by atoms with van der Waals surface area (Å²) in [6.45, 7) is 0. The second-order valence-electron chi connectivity index (χ2n) is 0.554. The third-order valence-corrected chi connectivity index (χ3v) is 0.149. The minimum Gasteiger partial charge on any atom is -0.369 e. The number of guanidine groups is 1. The number of nitrogens with zero attached hydrogens (tertiary/aromatic N) is 1. The summed E-state index contributed by atoms with van der Waals surface area (Å²) < 4.78 is 0. The molecule has 0 atom stereocenters. The van der Waals surface area contributed by atoms with Crippen LogP contribution in [0.2, 0.25) is 0 Å². The first-order valence-electron chi connectivity index (χ1n) is 1.06. The molecule has 0 amide bonds. The second kappa shape index (κ2) is 1.40. The van der Waals surface area contributed by atoms with E-state index in [1.165, 1.54) is 0 Å². The molecule has 4 heteroatoms. The molecule has 0 aromatic carbocycles. The first kappa shape index (κ1) is 4.07. The van der Waals surface area contributed by atoms with Gasteiger partial charge in [-0.1, -0.05) is 0 Å². The van der Waals surface area contributed by atoms with E-state index in [9.17, 15) is 0 Å². The van der Waals surface area contributed by atoms with Crippen molar-refractivity contribution in [1.29, 1.82) is 0 Å². The van der Waals surface area contributed by atoms with E-state index >= 15 is 0 Å². The molecule has 0 aliphatic rings. The largest absolute Gasteiger partial charge is 0.369 e. The zero-order chi connectivity index (χ0) is 4.28. The second-order valence-corrected chi connectivity index (χ2v) is 0.554. The summed E-state index contributed by atoms with van der Waals surface area (Å²) in [5, 5.41) is 2.86. The lowest BCUT2D eigenvalue weighted by atomic mass is 11.1. The molecule has 0 aromatic rings. The summed E-state index contributed by atoms with van der Waals surface area (Å²) in [6, 6.07) is 0. The summed E-state index contributed by atoms with van der Waals surface area (Å²) in [7, 11) is 0.